The summed E-state index contributed by atoms with van der Waals surface area (Å²) in [6, 6.07) is 7.51. The predicted octanol–water partition coefficient (Wildman–Crippen LogP) is 2.41. The Hall–Kier alpha value is -1.97. The van der Waals surface area contributed by atoms with Crippen LogP contribution in [-0.4, -0.2) is 19.8 Å². The lowest BCUT2D eigenvalue weighted by molar-refractivity contribution is 0.156. The van der Waals surface area contributed by atoms with Gasteiger partial charge in [0.2, 0.25) is 0 Å². The molecule has 0 spiro atoms. The summed E-state index contributed by atoms with van der Waals surface area (Å²) in [6.07, 6.45) is 2.84. The van der Waals surface area contributed by atoms with Gasteiger partial charge in [0, 0.05) is 6.20 Å². The van der Waals surface area contributed by atoms with E-state index in [9.17, 15) is 4.79 Å². The minimum Gasteiger partial charge on any atom is -0.497 e. The van der Waals surface area contributed by atoms with Crippen molar-refractivity contribution in [2.75, 3.05) is 13.7 Å². The van der Waals surface area contributed by atoms with E-state index in [1.807, 2.05) is 24.3 Å². The van der Waals surface area contributed by atoms with Gasteiger partial charge >= 0.3 is 6.09 Å². The van der Waals surface area contributed by atoms with Crippen LogP contribution in [0.25, 0.3) is 6.08 Å². The molecule has 0 unspecified atom stereocenters. The molecule has 4 nitrogen and oxygen atoms in total. The number of alkyl carbamates (subject to hydrolysis) is 1. The number of methoxy groups -OCH3 is 1. The lowest BCUT2D eigenvalue weighted by atomic mass is 10.2. The van der Waals surface area contributed by atoms with Crippen molar-refractivity contribution < 1.29 is 14.3 Å². The molecule has 0 heterocycles. The number of carbonyl (C=O) groups is 1. The highest BCUT2D eigenvalue weighted by Gasteiger charge is 1.95. The van der Waals surface area contributed by atoms with Crippen molar-refractivity contribution in [3.8, 4) is 5.75 Å². The summed E-state index contributed by atoms with van der Waals surface area (Å²) in [5, 5.41) is 2.49. The fraction of sp³-hybridized carbons (Fsp3) is 0.250. The number of nitrogens with one attached hydrogen (secondary N) is 1. The Morgan fingerprint density at radius 1 is 1.50 bits per heavy atom. The zero-order valence-electron chi connectivity index (χ0n) is 9.40. The lowest BCUT2D eigenvalue weighted by Crippen LogP contribution is -2.17. The first-order valence-electron chi connectivity index (χ1n) is 5.00. The van der Waals surface area contributed by atoms with E-state index in [2.05, 4.69) is 5.32 Å². The summed E-state index contributed by atoms with van der Waals surface area (Å²) < 4.78 is 9.77. The Bertz CT molecular complexity index is 374. The Morgan fingerprint density at radius 2 is 2.31 bits per heavy atom. The molecule has 0 saturated carbocycles. The maximum Gasteiger partial charge on any atom is 0.411 e. The van der Waals surface area contributed by atoms with Crippen LogP contribution in [0.4, 0.5) is 4.79 Å². The molecule has 0 saturated heterocycles. The van der Waals surface area contributed by atoms with E-state index in [-0.39, 0.29) is 0 Å². The Balaban J connectivity index is 2.52. The van der Waals surface area contributed by atoms with Crippen LogP contribution >= 0.6 is 0 Å². The molecule has 1 amide bonds. The molecule has 4 heteroatoms. The quantitative estimate of drug-likeness (QED) is 0.849. The minimum atomic E-state index is -0.457. The van der Waals surface area contributed by atoms with Gasteiger partial charge in [0.05, 0.1) is 13.7 Å². The van der Waals surface area contributed by atoms with E-state index in [1.54, 1.807) is 20.1 Å². The number of hydrogen-bond acceptors (Lipinski definition) is 3. The van der Waals surface area contributed by atoms with Crippen LogP contribution in [-0.2, 0) is 4.74 Å². The number of amides is 1. The average Bonchev–Trinajstić information content (AvgIpc) is 2.30. The van der Waals surface area contributed by atoms with Gasteiger partial charge in [-0.05, 0) is 30.7 Å². The number of ether oxygens (including phenoxy) is 2. The van der Waals surface area contributed by atoms with Gasteiger partial charge < -0.3 is 9.47 Å². The normalized spacial score (nSPS) is 10.1. The number of hydrogen-bond donors (Lipinski definition) is 1. The third-order valence-electron chi connectivity index (χ3n) is 1.85. The van der Waals surface area contributed by atoms with Gasteiger partial charge in [-0.2, -0.15) is 0 Å². The van der Waals surface area contributed by atoms with Crippen LogP contribution in [0.5, 0.6) is 5.75 Å². The first kappa shape index (κ1) is 12.1. The number of rotatable bonds is 4. The maximum absolute atomic E-state index is 10.9. The van der Waals surface area contributed by atoms with E-state index in [4.69, 9.17) is 9.47 Å². The highest BCUT2D eigenvalue weighted by Crippen LogP contribution is 2.13. The molecule has 1 aromatic carbocycles. The van der Waals surface area contributed by atoms with Crippen LogP contribution in [0.2, 0.25) is 0 Å². The molecule has 1 rings (SSSR count). The summed E-state index contributed by atoms with van der Waals surface area (Å²) in [4.78, 5) is 10.9. The molecule has 0 aromatic heterocycles. The smallest absolute Gasteiger partial charge is 0.411 e. The number of benzene rings is 1. The van der Waals surface area contributed by atoms with E-state index in [0.717, 1.165) is 11.3 Å². The van der Waals surface area contributed by atoms with E-state index < -0.39 is 6.09 Å². The molecule has 0 aliphatic rings. The Kier molecular flexibility index (Phi) is 4.92. The highest BCUT2D eigenvalue weighted by atomic mass is 16.5. The van der Waals surface area contributed by atoms with E-state index in [0.29, 0.717) is 6.61 Å². The zero-order valence-corrected chi connectivity index (χ0v) is 9.40. The van der Waals surface area contributed by atoms with Gasteiger partial charge in [0.15, 0.2) is 0 Å². The summed E-state index contributed by atoms with van der Waals surface area (Å²) in [7, 11) is 1.61. The molecule has 0 atom stereocenters. The van der Waals surface area contributed by atoms with Gasteiger partial charge in [0.25, 0.3) is 0 Å². The van der Waals surface area contributed by atoms with Gasteiger partial charge in [-0.25, -0.2) is 4.79 Å². The molecule has 86 valence electrons. The van der Waals surface area contributed by atoms with Gasteiger partial charge in [0.1, 0.15) is 5.75 Å². The molecule has 0 bridgehead atoms. The molecular formula is C12H15NO3. The van der Waals surface area contributed by atoms with Gasteiger partial charge in [-0.3, -0.25) is 5.32 Å². The molecule has 0 aliphatic carbocycles. The van der Waals surface area contributed by atoms with Crippen LogP contribution in [0, 0.1) is 0 Å². The molecular weight excluding hydrogens is 206 g/mol. The highest BCUT2D eigenvalue weighted by molar-refractivity contribution is 5.69. The Morgan fingerprint density at radius 3 is 3.00 bits per heavy atom. The second-order valence-corrected chi connectivity index (χ2v) is 2.97. The maximum atomic E-state index is 10.9. The topological polar surface area (TPSA) is 47.6 Å². The average molecular weight is 221 g/mol. The van der Waals surface area contributed by atoms with Gasteiger partial charge in [-0.1, -0.05) is 12.1 Å². The van der Waals surface area contributed by atoms with Gasteiger partial charge in [-0.15, -0.1) is 0 Å². The third kappa shape index (κ3) is 4.04. The molecule has 0 aliphatic heterocycles. The fourth-order valence-corrected chi connectivity index (χ4v) is 1.12. The first-order chi connectivity index (χ1) is 7.76. The minimum absolute atomic E-state index is 0.360. The SMILES string of the molecule is CCOC(=O)N/C=C/c1cccc(OC)c1. The third-order valence-corrected chi connectivity index (χ3v) is 1.85. The van der Waals surface area contributed by atoms with Crippen LogP contribution in [0.3, 0.4) is 0 Å². The van der Waals surface area contributed by atoms with Crippen LogP contribution in [0.15, 0.2) is 30.5 Å². The second kappa shape index (κ2) is 6.50. The van der Waals surface area contributed by atoms with Crippen molar-refractivity contribution in [1.82, 2.24) is 5.32 Å². The van der Waals surface area contributed by atoms with E-state index >= 15 is 0 Å². The molecule has 1 aromatic rings. The lowest BCUT2D eigenvalue weighted by Gasteiger charge is -2.01. The molecule has 0 radical (unpaired) electrons. The molecule has 16 heavy (non-hydrogen) atoms. The predicted molar refractivity (Wildman–Crippen MR) is 62.2 cm³/mol. The number of carbonyl (C=O) groups excluding carboxylic acids is 1. The van der Waals surface area contributed by atoms with Crippen molar-refractivity contribution in [1.29, 1.82) is 0 Å². The van der Waals surface area contributed by atoms with Crippen molar-refractivity contribution in [2.24, 2.45) is 0 Å². The largest absolute Gasteiger partial charge is 0.497 e. The van der Waals surface area contributed by atoms with Crippen molar-refractivity contribution in [3.63, 3.8) is 0 Å². The monoisotopic (exact) mass is 221 g/mol. The molecule has 1 N–H and O–H groups in total. The van der Waals surface area contributed by atoms with Crippen molar-refractivity contribution >= 4 is 12.2 Å². The summed E-state index contributed by atoms with van der Waals surface area (Å²) >= 11 is 0. The second-order valence-electron chi connectivity index (χ2n) is 2.97. The fourth-order valence-electron chi connectivity index (χ4n) is 1.12. The Labute approximate surface area is 94.9 Å². The summed E-state index contributed by atoms with van der Waals surface area (Å²) in [6.45, 7) is 2.12. The zero-order chi connectivity index (χ0) is 11.8. The van der Waals surface area contributed by atoms with Crippen molar-refractivity contribution in [2.45, 2.75) is 6.92 Å². The van der Waals surface area contributed by atoms with Crippen LogP contribution in [0.1, 0.15) is 12.5 Å². The van der Waals surface area contributed by atoms with Crippen molar-refractivity contribution in [3.05, 3.63) is 36.0 Å². The first-order valence-corrected chi connectivity index (χ1v) is 5.00. The molecule has 0 fully saturated rings. The summed E-state index contributed by atoms with van der Waals surface area (Å²) in [5.74, 6) is 0.776. The summed E-state index contributed by atoms with van der Waals surface area (Å²) in [5.41, 5.74) is 0.941. The standard InChI is InChI=1S/C12H15NO3/c1-3-16-12(14)13-8-7-10-5-4-6-11(9-10)15-2/h4-9H,3H2,1-2H3,(H,13,14)/b8-7+. The van der Waals surface area contributed by atoms with E-state index in [1.165, 1.54) is 6.20 Å². The van der Waals surface area contributed by atoms with Crippen LogP contribution < -0.4 is 10.1 Å².